The molecule has 1 aliphatic rings. The quantitative estimate of drug-likeness (QED) is 0.579. The predicted molar refractivity (Wildman–Crippen MR) is 126 cm³/mol. The third-order valence-corrected chi connectivity index (χ3v) is 6.32. The van der Waals surface area contributed by atoms with Gasteiger partial charge in [0.2, 0.25) is 0 Å². The van der Waals surface area contributed by atoms with Crippen molar-refractivity contribution in [2.75, 3.05) is 13.1 Å². The summed E-state index contributed by atoms with van der Waals surface area (Å²) in [6, 6.07) is 25.2. The SMILES string of the molecule is CC(C)(Cc1ccc2ccccc2c1)NCC(O)C1CCN1Cc1cccc(C#N)c1. The number of β-amino-alcohol motifs (C(OH)–C–C–N with tert-alkyl or cyclic N) is 1. The maximum absolute atomic E-state index is 10.8. The molecule has 0 amide bonds. The highest BCUT2D eigenvalue weighted by molar-refractivity contribution is 5.83. The maximum atomic E-state index is 10.8. The number of hydrogen-bond donors (Lipinski definition) is 2. The van der Waals surface area contributed by atoms with Gasteiger partial charge in [-0.15, -0.1) is 0 Å². The summed E-state index contributed by atoms with van der Waals surface area (Å²) in [4.78, 5) is 2.30. The fourth-order valence-electron chi connectivity index (χ4n) is 4.50. The van der Waals surface area contributed by atoms with Gasteiger partial charge in [0.15, 0.2) is 0 Å². The first kappa shape index (κ1) is 21.5. The van der Waals surface area contributed by atoms with Crippen LogP contribution in [-0.2, 0) is 13.0 Å². The molecule has 4 rings (SSSR count). The normalized spacial score (nSPS) is 17.8. The average molecular weight is 414 g/mol. The Labute approximate surface area is 185 Å². The Morgan fingerprint density at radius 3 is 2.61 bits per heavy atom. The molecule has 0 aliphatic carbocycles. The van der Waals surface area contributed by atoms with Crippen molar-refractivity contribution < 1.29 is 5.11 Å². The Morgan fingerprint density at radius 1 is 1.06 bits per heavy atom. The Morgan fingerprint density at radius 2 is 1.87 bits per heavy atom. The molecule has 2 N–H and O–H groups in total. The zero-order valence-corrected chi connectivity index (χ0v) is 18.4. The van der Waals surface area contributed by atoms with E-state index in [-0.39, 0.29) is 11.6 Å². The van der Waals surface area contributed by atoms with Crippen LogP contribution in [-0.4, -0.2) is 40.8 Å². The van der Waals surface area contributed by atoms with Crippen molar-refractivity contribution in [1.82, 2.24) is 10.2 Å². The van der Waals surface area contributed by atoms with Crippen molar-refractivity contribution in [2.45, 2.75) is 50.9 Å². The van der Waals surface area contributed by atoms with Gasteiger partial charge in [-0.1, -0.05) is 54.6 Å². The highest BCUT2D eigenvalue weighted by atomic mass is 16.3. The molecule has 4 nitrogen and oxygen atoms in total. The molecule has 0 bridgehead atoms. The van der Waals surface area contributed by atoms with Gasteiger partial charge in [-0.2, -0.15) is 5.26 Å². The van der Waals surface area contributed by atoms with E-state index in [0.29, 0.717) is 12.1 Å². The van der Waals surface area contributed by atoms with Crippen molar-refractivity contribution in [1.29, 1.82) is 5.26 Å². The van der Waals surface area contributed by atoms with E-state index in [1.165, 1.54) is 16.3 Å². The third kappa shape index (κ3) is 5.32. The van der Waals surface area contributed by atoms with Crippen molar-refractivity contribution in [3.63, 3.8) is 0 Å². The van der Waals surface area contributed by atoms with Gasteiger partial charge in [0.05, 0.1) is 17.7 Å². The van der Waals surface area contributed by atoms with E-state index in [2.05, 4.69) is 72.6 Å². The Balaban J connectivity index is 1.31. The number of fused-ring (bicyclic) bond motifs is 1. The number of hydrogen-bond acceptors (Lipinski definition) is 4. The molecule has 1 heterocycles. The monoisotopic (exact) mass is 413 g/mol. The molecule has 0 radical (unpaired) electrons. The lowest BCUT2D eigenvalue weighted by molar-refractivity contribution is -0.0211. The van der Waals surface area contributed by atoms with Gasteiger partial charge in [-0.25, -0.2) is 0 Å². The standard InChI is InChI=1S/C27H31N3O/c1-27(2,16-20-10-11-23-8-3-4-9-24(23)15-20)29-18-26(31)25-12-13-30(25)19-22-7-5-6-21(14-22)17-28/h3-11,14-15,25-26,29,31H,12-13,16,18-19H2,1-2H3. The number of likely N-dealkylation sites (tertiary alicyclic amines) is 1. The first-order valence-corrected chi connectivity index (χ1v) is 11.1. The Hall–Kier alpha value is -2.71. The van der Waals surface area contributed by atoms with E-state index in [1.807, 2.05) is 24.3 Å². The summed E-state index contributed by atoms with van der Waals surface area (Å²) in [7, 11) is 0. The van der Waals surface area contributed by atoms with Crippen molar-refractivity contribution in [2.24, 2.45) is 0 Å². The molecule has 0 spiro atoms. The molecule has 0 saturated carbocycles. The molecular weight excluding hydrogens is 382 g/mol. The smallest absolute Gasteiger partial charge is 0.0991 e. The van der Waals surface area contributed by atoms with Crippen LogP contribution in [0.3, 0.4) is 0 Å². The highest BCUT2D eigenvalue weighted by Gasteiger charge is 2.34. The van der Waals surface area contributed by atoms with Crippen LogP contribution >= 0.6 is 0 Å². The van der Waals surface area contributed by atoms with E-state index in [0.717, 1.165) is 31.5 Å². The molecule has 3 aromatic rings. The zero-order valence-electron chi connectivity index (χ0n) is 18.4. The minimum atomic E-state index is -0.413. The van der Waals surface area contributed by atoms with Crippen LogP contribution in [0.4, 0.5) is 0 Å². The first-order valence-electron chi connectivity index (χ1n) is 11.1. The van der Waals surface area contributed by atoms with E-state index >= 15 is 0 Å². The molecule has 1 saturated heterocycles. The Kier molecular flexibility index (Phi) is 6.38. The summed E-state index contributed by atoms with van der Waals surface area (Å²) in [6.45, 7) is 6.72. The fraction of sp³-hybridized carbons (Fsp3) is 0.370. The van der Waals surface area contributed by atoms with Crippen LogP contribution < -0.4 is 5.32 Å². The highest BCUT2D eigenvalue weighted by Crippen LogP contribution is 2.24. The van der Waals surface area contributed by atoms with Crippen LogP contribution in [0.1, 0.15) is 37.0 Å². The van der Waals surface area contributed by atoms with Gasteiger partial charge in [0, 0.05) is 31.2 Å². The lowest BCUT2D eigenvalue weighted by Gasteiger charge is -2.44. The van der Waals surface area contributed by atoms with Crippen LogP contribution in [0.5, 0.6) is 0 Å². The number of benzene rings is 3. The predicted octanol–water partition coefficient (Wildman–Crippen LogP) is 4.26. The Bertz CT molecular complexity index is 1090. The lowest BCUT2D eigenvalue weighted by atomic mass is 9.91. The zero-order chi connectivity index (χ0) is 21.8. The number of nitriles is 1. The van der Waals surface area contributed by atoms with Gasteiger partial charge in [-0.05, 0) is 60.7 Å². The number of aliphatic hydroxyl groups is 1. The molecule has 3 aromatic carbocycles. The van der Waals surface area contributed by atoms with E-state index in [1.54, 1.807) is 0 Å². The summed E-state index contributed by atoms with van der Waals surface area (Å²) < 4.78 is 0. The van der Waals surface area contributed by atoms with Gasteiger partial charge >= 0.3 is 0 Å². The van der Waals surface area contributed by atoms with Gasteiger partial charge in [-0.3, -0.25) is 4.90 Å². The number of aliphatic hydroxyl groups excluding tert-OH is 1. The largest absolute Gasteiger partial charge is 0.390 e. The molecular formula is C27H31N3O. The third-order valence-electron chi connectivity index (χ3n) is 6.32. The summed E-state index contributed by atoms with van der Waals surface area (Å²) in [5.74, 6) is 0. The minimum absolute atomic E-state index is 0.112. The summed E-state index contributed by atoms with van der Waals surface area (Å²) in [6.07, 6.45) is 1.50. The molecule has 31 heavy (non-hydrogen) atoms. The van der Waals surface area contributed by atoms with Crippen molar-refractivity contribution in [3.8, 4) is 6.07 Å². The summed E-state index contributed by atoms with van der Waals surface area (Å²) in [5.41, 5.74) is 3.00. The van der Waals surface area contributed by atoms with E-state index < -0.39 is 6.10 Å². The van der Waals surface area contributed by atoms with Crippen LogP contribution in [0.15, 0.2) is 66.7 Å². The second kappa shape index (κ2) is 9.20. The van der Waals surface area contributed by atoms with Crippen LogP contribution in [0.2, 0.25) is 0 Å². The number of rotatable bonds is 8. The van der Waals surface area contributed by atoms with Crippen molar-refractivity contribution in [3.05, 3.63) is 83.4 Å². The fourth-order valence-corrected chi connectivity index (χ4v) is 4.50. The van der Waals surface area contributed by atoms with Gasteiger partial charge in [0.1, 0.15) is 0 Å². The summed E-state index contributed by atoms with van der Waals surface area (Å²) in [5, 5.41) is 26.0. The van der Waals surface area contributed by atoms with Crippen LogP contribution in [0.25, 0.3) is 10.8 Å². The molecule has 160 valence electrons. The second-order valence-electron chi connectivity index (χ2n) is 9.33. The molecule has 2 atom stereocenters. The first-order chi connectivity index (χ1) is 14.9. The van der Waals surface area contributed by atoms with E-state index in [4.69, 9.17) is 5.26 Å². The molecule has 4 heteroatoms. The average Bonchev–Trinajstić information content (AvgIpc) is 2.75. The second-order valence-corrected chi connectivity index (χ2v) is 9.33. The van der Waals surface area contributed by atoms with Gasteiger partial charge in [0.25, 0.3) is 0 Å². The number of nitrogens with zero attached hydrogens (tertiary/aromatic N) is 2. The molecule has 0 aromatic heterocycles. The lowest BCUT2D eigenvalue weighted by Crippen LogP contribution is -2.57. The van der Waals surface area contributed by atoms with Gasteiger partial charge < -0.3 is 10.4 Å². The van der Waals surface area contributed by atoms with Crippen LogP contribution in [0, 0.1) is 11.3 Å². The molecule has 1 fully saturated rings. The molecule has 1 aliphatic heterocycles. The van der Waals surface area contributed by atoms with E-state index in [9.17, 15) is 5.11 Å². The molecule has 2 unspecified atom stereocenters. The topological polar surface area (TPSA) is 59.3 Å². The number of nitrogens with one attached hydrogen (secondary N) is 1. The minimum Gasteiger partial charge on any atom is -0.390 e. The maximum Gasteiger partial charge on any atom is 0.0991 e. The summed E-state index contributed by atoms with van der Waals surface area (Å²) >= 11 is 0. The van der Waals surface area contributed by atoms with Crippen molar-refractivity contribution >= 4 is 10.8 Å².